The van der Waals surface area contributed by atoms with Crippen molar-refractivity contribution in [1.29, 1.82) is 0 Å². The first kappa shape index (κ1) is 12.0. The van der Waals surface area contributed by atoms with E-state index in [-0.39, 0.29) is 0 Å². The molecule has 0 spiro atoms. The van der Waals surface area contributed by atoms with E-state index < -0.39 is 0 Å². The molecule has 1 heterocycles. The molecule has 14 heavy (non-hydrogen) atoms. The highest BCUT2D eigenvalue weighted by Crippen LogP contribution is 2.20. The van der Waals surface area contributed by atoms with Gasteiger partial charge in [0.15, 0.2) is 0 Å². The fourth-order valence-electron chi connectivity index (χ4n) is 2.09. The molecule has 1 fully saturated rings. The van der Waals surface area contributed by atoms with Gasteiger partial charge < -0.3 is 10.1 Å². The number of nitrogens with one attached hydrogen (secondary N) is 1. The van der Waals surface area contributed by atoms with Gasteiger partial charge in [0.05, 0.1) is 6.10 Å². The van der Waals surface area contributed by atoms with Crippen LogP contribution in [-0.2, 0) is 4.74 Å². The summed E-state index contributed by atoms with van der Waals surface area (Å²) in [4.78, 5) is 0. The summed E-state index contributed by atoms with van der Waals surface area (Å²) < 4.78 is 5.63. The summed E-state index contributed by atoms with van der Waals surface area (Å²) in [7, 11) is 0. The summed E-state index contributed by atoms with van der Waals surface area (Å²) in [6.07, 6.45) is 7.02. The second-order valence-corrected chi connectivity index (χ2v) is 4.29. The lowest BCUT2D eigenvalue weighted by Gasteiger charge is -2.17. The van der Waals surface area contributed by atoms with Crippen molar-refractivity contribution in [3.63, 3.8) is 0 Å². The van der Waals surface area contributed by atoms with Crippen molar-refractivity contribution in [3.8, 4) is 0 Å². The van der Waals surface area contributed by atoms with Crippen molar-refractivity contribution < 1.29 is 4.74 Å². The summed E-state index contributed by atoms with van der Waals surface area (Å²) in [6, 6.07) is 0. The third-order valence-corrected chi connectivity index (χ3v) is 3.18. The van der Waals surface area contributed by atoms with Crippen LogP contribution in [0, 0.1) is 5.92 Å². The first-order chi connectivity index (χ1) is 6.86. The van der Waals surface area contributed by atoms with Crippen LogP contribution in [0.15, 0.2) is 0 Å². The molecule has 0 aromatic rings. The van der Waals surface area contributed by atoms with E-state index in [1.165, 1.54) is 38.6 Å². The van der Waals surface area contributed by atoms with Gasteiger partial charge in [-0.05, 0) is 44.7 Å². The molecule has 0 bridgehead atoms. The van der Waals surface area contributed by atoms with Gasteiger partial charge in [-0.1, -0.05) is 20.3 Å². The standard InChI is InChI=1S/C12H25NO/c1-3-11(10-13-4-2)7-8-12-6-5-9-14-12/h11-13H,3-10H2,1-2H3. The van der Waals surface area contributed by atoms with E-state index in [9.17, 15) is 0 Å². The summed E-state index contributed by atoms with van der Waals surface area (Å²) in [6.45, 7) is 7.73. The average Bonchev–Trinajstić information content (AvgIpc) is 2.71. The summed E-state index contributed by atoms with van der Waals surface area (Å²) >= 11 is 0. The van der Waals surface area contributed by atoms with Gasteiger partial charge in [-0.3, -0.25) is 0 Å². The van der Waals surface area contributed by atoms with E-state index in [0.717, 1.165) is 19.1 Å². The topological polar surface area (TPSA) is 21.3 Å². The van der Waals surface area contributed by atoms with Crippen LogP contribution in [0.25, 0.3) is 0 Å². The minimum Gasteiger partial charge on any atom is -0.378 e. The molecule has 2 heteroatoms. The molecule has 0 aromatic heterocycles. The molecule has 0 aromatic carbocycles. The second-order valence-electron chi connectivity index (χ2n) is 4.29. The van der Waals surface area contributed by atoms with Gasteiger partial charge in [-0.2, -0.15) is 0 Å². The average molecular weight is 199 g/mol. The van der Waals surface area contributed by atoms with Crippen LogP contribution < -0.4 is 5.32 Å². The van der Waals surface area contributed by atoms with E-state index in [1.54, 1.807) is 0 Å². The van der Waals surface area contributed by atoms with Crippen LogP contribution in [0.3, 0.4) is 0 Å². The molecular formula is C12H25NO. The quantitative estimate of drug-likeness (QED) is 0.680. The van der Waals surface area contributed by atoms with Gasteiger partial charge in [0.2, 0.25) is 0 Å². The van der Waals surface area contributed by atoms with Crippen molar-refractivity contribution >= 4 is 0 Å². The molecule has 1 aliphatic rings. The molecule has 2 nitrogen and oxygen atoms in total. The Morgan fingerprint density at radius 1 is 1.43 bits per heavy atom. The van der Waals surface area contributed by atoms with E-state index in [0.29, 0.717) is 6.10 Å². The maximum Gasteiger partial charge on any atom is 0.0576 e. The zero-order valence-electron chi connectivity index (χ0n) is 9.72. The molecular weight excluding hydrogens is 174 g/mol. The smallest absolute Gasteiger partial charge is 0.0576 e. The lowest BCUT2D eigenvalue weighted by molar-refractivity contribution is 0.0978. The van der Waals surface area contributed by atoms with Crippen LogP contribution in [-0.4, -0.2) is 25.8 Å². The fourth-order valence-corrected chi connectivity index (χ4v) is 2.09. The predicted molar refractivity (Wildman–Crippen MR) is 60.5 cm³/mol. The first-order valence-electron chi connectivity index (χ1n) is 6.19. The van der Waals surface area contributed by atoms with Crippen LogP contribution in [0.5, 0.6) is 0 Å². The lowest BCUT2D eigenvalue weighted by atomic mass is 9.97. The van der Waals surface area contributed by atoms with Crippen molar-refractivity contribution in [2.24, 2.45) is 5.92 Å². The number of rotatable bonds is 7. The number of ether oxygens (including phenoxy) is 1. The largest absolute Gasteiger partial charge is 0.378 e. The molecule has 2 unspecified atom stereocenters. The van der Waals surface area contributed by atoms with Gasteiger partial charge >= 0.3 is 0 Å². The fraction of sp³-hybridized carbons (Fsp3) is 1.00. The second kappa shape index (κ2) is 7.24. The van der Waals surface area contributed by atoms with Gasteiger partial charge in [-0.15, -0.1) is 0 Å². The summed E-state index contributed by atoms with van der Waals surface area (Å²) in [5.74, 6) is 0.846. The molecule has 1 saturated heterocycles. The Balaban J connectivity index is 2.06. The third kappa shape index (κ3) is 4.43. The molecule has 2 atom stereocenters. The minimum absolute atomic E-state index is 0.575. The zero-order valence-corrected chi connectivity index (χ0v) is 9.72. The Kier molecular flexibility index (Phi) is 6.20. The molecule has 1 aliphatic heterocycles. The molecule has 1 rings (SSSR count). The van der Waals surface area contributed by atoms with E-state index >= 15 is 0 Å². The maximum atomic E-state index is 5.63. The normalized spacial score (nSPS) is 24.0. The molecule has 1 N–H and O–H groups in total. The predicted octanol–water partition coefficient (Wildman–Crippen LogP) is 2.58. The Morgan fingerprint density at radius 3 is 2.86 bits per heavy atom. The van der Waals surface area contributed by atoms with Crippen molar-refractivity contribution in [2.45, 2.75) is 52.1 Å². The molecule has 0 saturated carbocycles. The van der Waals surface area contributed by atoms with E-state index in [2.05, 4.69) is 19.2 Å². The van der Waals surface area contributed by atoms with Gasteiger partial charge in [0.25, 0.3) is 0 Å². The Bertz CT molecular complexity index is 132. The van der Waals surface area contributed by atoms with Gasteiger partial charge in [-0.25, -0.2) is 0 Å². The summed E-state index contributed by atoms with van der Waals surface area (Å²) in [5, 5.41) is 3.43. The van der Waals surface area contributed by atoms with Crippen LogP contribution in [0.2, 0.25) is 0 Å². The number of hydrogen-bond donors (Lipinski definition) is 1. The zero-order chi connectivity index (χ0) is 10.2. The van der Waals surface area contributed by atoms with Crippen molar-refractivity contribution in [2.75, 3.05) is 19.7 Å². The first-order valence-corrected chi connectivity index (χ1v) is 6.19. The van der Waals surface area contributed by atoms with Crippen molar-refractivity contribution in [3.05, 3.63) is 0 Å². The molecule has 0 amide bonds. The summed E-state index contributed by atoms with van der Waals surface area (Å²) in [5.41, 5.74) is 0. The third-order valence-electron chi connectivity index (χ3n) is 3.18. The number of hydrogen-bond acceptors (Lipinski definition) is 2. The van der Waals surface area contributed by atoms with E-state index in [1.807, 2.05) is 0 Å². The van der Waals surface area contributed by atoms with Crippen LogP contribution >= 0.6 is 0 Å². The lowest BCUT2D eigenvalue weighted by Crippen LogP contribution is -2.23. The highest BCUT2D eigenvalue weighted by atomic mass is 16.5. The van der Waals surface area contributed by atoms with Gasteiger partial charge in [0.1, 0.15) is 0 Å². The SMILES string of the molecule is CCNCC(CC)CCC1CCCO1. The van der Waals surface area contributed by atoms with Crippen molar-refractivity contribution in [1.82, 2.24) is 5.32 Å². The Hall–Kier alpha value is -0.0800. The maximum absolute atomic E-state index is 5.63. The monoisotopic (exact) mass is 199 g/mol. The van der Waals surface area contributed by atoms with Gasteiger partial charge in [0, 0.05) is 6.61 Å². The molecule has 84 valence electrons. The highest BCUT2D eigenvalue weighted by molar-refractivity contribution is 4.68. The Morgan fingerprint density at radius 2 is 2.29 bits per heavy atom. The molecule has 0 aliphatic carbocycles. The van der Waals surface area contributed by atoms with E-state index in [4.69, 9.17) is 4.74 Å². The Labute approximate surface area is 88.4 Å². The highest BCUT2D eigenvalue weighted by Gasteiger charge is 2.16. The minimum atomic E-state index is 0.575. The molecule has 0 radical (unpaired) electrons. The van der Waals surface area contributed by atoms with Crippen LogP contribution in [0.4, 0.5) is 0 Å². The van der Waals surface area contributed by atoms with Crippen LogP contribution in [0.1, 0.15) is 46.0 Å².